The second-order valence-electron chi connectivity index (χ2n) is 7.38. The lowest BCUT2D eigenvalue weighted by Crippen LogP contribution is -2.31. The van der Waals surface area contributed by atoms with Gasteiger partial charge in [0.1, 0.15) is 0 Å². The number of anilines is 3. The number of amides is 1. The Morgan fingerprint density at radius 3 is 2.55 bits per heavy atom. The summed E-state index contributed by atoms with van der Waals surface area (Å²) in [7, 11) is 0. The van der Waals surface area contributed by atoms with Gasteiger partial charge in [0.05, 0.1) is 5.56 Å². The second kappa shape index (κ2) is 8.73. The average Bonchev–Trinajstić information content (AvgIpc) is 3.22. The fourth-order valence-electron chi connectivity index (χ4n) is 3.64. The first kappa shape index (κ1) is 18.9. The Morgan fingerprint density at radius 2 is 1.79 bits per heavy atom. The van der Waals surface area contributed by atoms with Gasteiger partial charge < -0.3 is 15.5 Å². The van der Waals surface area contributed by atoms with Gasteiger partial charge in [-0.05, 0) is 43.0 Å². The molecule has 0 radical (unpaired) electrons. The van der Waals surface area contributed by atoms with Gasteiger partial charge in [-0.2, -0.15) is 0 Å². The molecular weight excluding hydrogens is 362 g/mol. The van der Waals surface area contributed by atoms with Crippen molar-refractivity contribution in [1.82, 2.24) is 15.3 Å². The van der Waals surface area contributed by atoms with Crippen molar-refractivity contribution in [3.8, 4) is 0 Å². The molecule has 4 rings (SSSR count). The predicted molar refractivity (Wildman–Crippen MR) is 116 cm³/mol. The van der Waals surface area contributed by atoms with Crippen LogP contribution in [0.4, 0.5) is 17.3 Å². The van der Waals surface area contributed by atoms with Gasteiger partial charge in [-0.3, -0.25) is 4.79 Å². The molecule has 1 atom stereocenters. The first-order chi connectivity index (χ1) is 14.2. The lowest BCUT2D eigenvalue weighted by Gasteiger charge is -2.21. The van der Waals surface area contributed by atoms with E-state index in [2.05, 4.69) is 56.7 Å². The SMILES string of the molecule is Cc1ccccc1N1CC[C@H](CNC(=O)c2cnc(Nc3ccccc3)nc2)C1. The number of hydrogen-bond acceptors (Lipinski definition) is 5. The van der Waals surface area contributed by atoms with Crippen LogP contribution in [0.5, 0.6) is 0 Å². The minimum absolute atomic E-state index is 0.134. The molecule has 6 heteroatoms. The summed E-state index contributed by atoms with van der Waals surface area (Å²) in [4.78, 5) is 23.3. The molecule has 1 amide bonds. The summed E-state index contributed by atoms with van der Waals surface area (Å²) in [6, 6.07) is 18.1. The quantitative estimate of drug-likeness (QED) is 0.674. The standard InChI is InChI=1S/C23H25N5O/c1-17-7-5-6-10-21(17)28-12-11-18(16-28)13-24-22(29)19-14-25-23(26-15-19)27-20-8-3-2-4-9-20/h2-10,14-15,18H,11-13,16H2,1H3,(H,24,29)(H,25,26,27)/t18-/m1/s1. The molecule has 0 unspecified atom stereocenters. The number of aryl methyl sites for hydroxylation is 1. The summed E-state index contributed by atoms with van der Waals surface area (Å²) in [6.07, 6.45) is 4.19. The first-order valence-corrected chi connectivity index (χ1v) is 9.92. The van der Waals surface area contributed by atoms with E-state index in [9.17, 15) is 4.79 Å². The third-order valence-electron chi connectivity index (χ3n) is 5.24. The van der Waals surface area contributed by atoms with Gasteiger partial charge in [-0.15, -0.1) is 0 Å². The van der Waals surface area contributed by atoms with Crippen LogP contribution >= 0.6 is 0 Å². The van der Waals surface area contributed by atoms with Gasteiger partial charge in [0.2, 0.25) is 5.95 Å². The fraction of sp³-hybridized carbons (Fsp3) is 0.261. The van der Waals surface area contributed by atoms with E-state index in [0.29, 0.717) is 24.0 Å². The number of para-hydroxylation sites is 2. The molecule has 1 aliphatic heterocycles. The molecule has 2 aromatic carbocycles. The van der Waals surface area contributed by atoms with Crippen molar-refractivity contribution in [1.29, 1.82) is 0 Å². The molecule has 29 heavy (non-hydrogen) atoms. The van der Waals surface area contributed by atoms with Gasteiger partial charge in [-0.1, -0.05) is 36.4 Å². The highest BCUT2D eigenvalue weighted by Gasteiger charge is 2.24. The zero-order chi connectivity index (χ0) is 20.1. The van der Waals surface area contributed by atoms with Crippen molar-refractivity contribution in [2.75, 3.05) is 29.9 Å². The predicted octanol–water partition coefficient (Wildman–Crippen LogP) is 3.78. The molecule has 1 aliphatic rings. The topological polar surface area (TPSA) is 70.2 Å². The van der Waals surface area contributed by atoms with Gasteiger partial charge in [0.25, 0.3) is 5.91 Å². The van der Waals surface area contributed by atoms with E-state index in [-0.39, 0.29) is 5.91 Å². The minimum Gasteiger partial charge on any atom is -0.371 e. The Labute approximate surface area is 171 Å². The van der Waals surface area contributed by atoms with Crippen molar-refractivity contribution < 1.29 is 4.79 Å². The number of rotatable bonds is 6. The number of aromatic nitrogens is 2. The number of carbonyl (C=O) groups is 1. The van der Waals surface area contributed by atoms with Crippen LogP contribution in [-0.2, 0) is 0 Å². The van der Waals surface area contributed by atoms with E-state index in [1.807, 2.05) is 30.3 Å². The summed E-state index contributed by atoms with van der Waals surface area (Å²) in [5.74, 6) is 0.779. The largest absolute Gasteiger partial charge is 0.371 e. The van der Waals surface area contributed by atoms with E-state index in [1.165, 1.54) is 11.3 Å². The monoisotopic (exact) mass is 387 g/mol. The lowest BCUT2D eigenvalue weighted by atomic mass is 10.1. The molecule has 0 saturated carbocycles. The Bertz CT molecular complexity index is 959. The van der Waals surface area contributed by atoms with Crippen LogP contribution in [0.2, 0.25) is 0 Å². The van der Waals surface area contributed by atoms with Crippen LogP contribution in [0.25, 0.3) is 0 Å². The molecule has 0 bridgehead atoms. The van der Waals surface area contributed by atoms with Crippen LogP contribution in [-0.4, -0.2) is 35.5 Å². The Hall–Kier alpha value is -3.41. The van der Waals surface area contributed by atoms with Crippen molar-refractivity contribution >= 4 is 23.2 Å². The molecule has 3 aromatic rings. The molecule has 6 nitrogen and oxygen atoms in total. The molecule has 0 spiro atoms. The van der Waals surface area contributed by atoms with Crippen molar-refractivity contribution in [3.63, 3.8) is 0 Å². The first-order valence-electron chi connectivity index (χ1n) is 9.92. The highest BCUT2D eigenvalue weighted by molar-refractivity contribution is 5.93. The van der Waals surface area contributed by atoms with E-state index in [0.717, 1.165) is 25.2 Å². The Morgan fingerprint density at radius 1 is 1.07 bits per heavy atom. The fourth-order valence-corrected chi connectivity index (χ4v) is 3.64. The minimum atomic E-state index is -0.134. The lowest BCUT2D eigenvalue weighted by molar-refractivity contribution is 0.0947. The molecular formula is C23H25N5O. The zero-order valence-corrected chi connectivity index (χ0v) is 16.5. The summed E-state index contributed by atoms with van der Waals surface area (Å²) < 4.78 is 0. The van der Waals surface area contributed by atoms with Crippen LogP contribution < -0.4 is 15.5 Å². The summed E-state index contributed by atoms with van der Waals surface area (Å²) in [5.41, 5.74) is 3.95. The van der Waals surface area contributed by atoms with Crippen molar-refractivity contribution in [2.45, 2.75) is 13.3 Å². The maximum absolute atomic E-state index is 12.5. The van der Waals surface area contributed by atoms with Gasteiger partial charge >= 0.3 is 0 Å². The number of carbonyl (C=O) groups excluding carboxylic acids is 1. The third kappa shape index (κ3) is 4.71. The van der Waals surface area contributed by atoms with E-state index >= 15 is 0 Å². The number of nitrogens with one attached hydrogen (secondary N) is 2. The highest BCUT2D eigenvalue weighted by Crippen LogP contribution is 2.26. The third-order valence-corrected chi connectivity index (χ3v) is 5.24. The van der Waals surface area contributed by atoms with E-state index in [1.54, 1.807) is 12.4 Å². The summed E-state index contributed by atoms with van der Waals surface area (Å²) >= 11 is 0. The van der Waals surface area contributed by atoms with Crippen LogP contribution in [0, 0.1) is 12.8 Å². The number of hydrogen-bond donors (Lipinski definition) is 2. The Kier molecular flexibility index (Phi) is 5.70. The number of benzene rings is 2. The Balaban J connectivity index is 1.28. The van der Waals surface area contributed by atoms with Gasteiger partial charge in [-0.25, -0.2) is 9.97 Å². The molecule has 148 valence electrons. The van der Waals surface area contributed by atoms with Crippen molar-refractivity contribution in [3.05, 3.63) is 78.1 Å². The molecule has 2 heterocycles. The van der Waals surface area contributed by atoms with E-state index in [4.69, 9.17) is 0 Å². The molecule has 1 aromatic heterocycles. The molecule has 0 aliphatic carbocycles. The number of nitrogens with zero attached hydrogens (tertiary/aromatic N) is 3. The molecule has 1 saturated heterocycles. The normalized spacial score (nSPS) is 15.9. The molecule has 1 fully saturated rings. The van der Waals surface area contributed by atoms with E-state index < -0.39 is 0 Å². The van der Waals surface area contributed by atoms with Gasteiger partial charge in [0.15, 0.2) is 0 Å². The smallest absolute Gasteiger partial charge is 0.254 e. The second-order valence-corrected chi connectivity index (χ2v) is 7.38. The summed E-state index contributed by atoms with van der Waals surface area (Å²) in [5, 5.41) is 6.14. The van der Waals surface area contributed by atoms with Crippen LogP contribution in [0.15, 0.2) is 67.0 Å². The maximum Gasteiger partial charge on any atom is 0.254 e. The molecule has 2 N–H and O–H groups in total. The maximum atomic E-state index is 12.5. The highest BCUT2D eigenvalue weighted by atomic mass is 16.1. The van der Waals surface area contributed by atoms with Crippen LogP contribution in [0.3, 0.4) is 0 Å². The van der Waals surface area contributed by atoms with Crippen LogP contribution in [0.1, 0.15) is 22.3 Å². The van der Waals surface area contributed by atoms with Crippen molar-refractivity contribution in [2.24, 2.45) is 5.92 Å². The van der Waals surface area contributed by atoms with Gasteiger partial charge in [0, 0.05) is 43.4 Å². The average molecular weight is 387 g/mol. The summed E-state index contributed by atoms with van der Waals surface area (Å²) in [6.45, 7) is 4.78. The zero-order valence-electron chi connectivity index (χ0n) is 16.5.